The van der Waals surface area contributed by atoms with Crippen molar-refractivity contribution in [2.75, 3.05) is 5.32 Å². The Labute approximate surface area is 185 Å². The Bertz CT molecular complexity index is 1170. The third kappa shape index (κ3) is 4.83. The van der Waals surface area contributed by atoms with E-state index in [4.69, 9.17) is 16.3 Å². The molecule has 2 aromatic heterocycles. The van der Waals surface area contributed by atoms with Gasteiger partial charge in [0.25, 0.3) is 12.1 Å². The van der Waals surface area contributed by atoms with Crippen LogP contribution in [0.1, 0.15) is 36.6 Å². The van der Waals surface area contributed by atoms with Crippen LogP contribution >= 0.6 is 11.6 Å². The number of nitrogens with zero attached hydrogens (tertiary/aromatic N) is 4. The van der Waals surface area contributed by atoms with Crippen LogP contribution in [0.25, 0.3) is 0 Å². The Morgan fingerprint density at radius 2 is 2.12 bits per heavy atom. The molecule has 1 amide bonds. The van der Waals surface area contributed by atoms with Crippen molar-refractivity contribution in [2.24, 2.45) is 0 Å². The van der Waals surface area contributed by atoms with Crippen molar-refractivity contribution in [1.29, 1.82) is 0 Å². The molecule has 9 nitrogen and oxygen atoms in total. The van der Waals surface area contributed by atoms with Crippen molar-refractivity contribution < 1.29 is 23.2 Å². The van der Waals surface area contributed by atoms with E-state index < -0.39 is 22.9 Å². The monoisotopic (exact) mass is 463 g/mol. The van der Waals surface area contributed by atoms with Crippen LogP contribution < -0.4 is 10.1 Å². The molecule has 0 spiro atoms. The van der Waals surface area contributed by atoms with Crippen LogP contribution in [0.15, 0.2) is 42.7 Å². The molecule has 12 heteroatoms. The van der Waals surface area contributed by atoms with Gasteiger partial charge in [-0.1, -0.05) is 11.6 Å². The number of alkyl halides is 2. The van der Waals surface area contributed by atoms with Crippen LogP contribution in [0, 0.1) is 10.1 Å². The lowest BCUT2D eigenvalue weighted by Crippen LogP contribution is -2.21. The second-order valence-corrected chi connectivity index (χ2v) is 7.51. The zero-order valence-electron chi connectivity index (χ0n) is 16.4. The van der Waals surface area contributed by atoms with Crippen molar-refractivity contribution in [1.82, 2.24) is 14.8 Å². The minimum atomic E-state index is -2.87. The van der Waals surface area contributed by atoms with Gasteiger partial charge in [-0.15, -0.1) is 0 Å². The van der Waals surface area contributed by atoms with Gasteiger partial charge in [-0.2, -0.15) is 5.10 Å². The van der Waals surface area contributed by atoms with E-state index in [1.807, 2.05) is 0 Å². The van der Waals surface area contributed by atoms with Gasteiger partial charge >= 0.3 is 0 Å². The molecule has 0 aliphatic heterocycles. The number of nitro groups is 1. The van der Waals surface area contributed by atoms with Crippen molar-refractivity contribution in [3.05, 3.63) is 69.3 Å². The van der Waals surface area contributed by atoms with E-state index in [1.54, 1.807) is 18.3 Å². The van der Waals surface area contributed by atoms with E-state index in [1.165, 1.54) is 23.0 Å². The summed E-state index contributed by atoms with van der Waals surface area (Å²) in [6.45, 7) is -0.375. The predicted octanol–water partition coefficient (Wildman–Crippen LogP) is 5.09. The fourth-order valence-corrected chi connectivity index (χ4v) is 3.55. The van der Waals surface area contributed by atoms with E-state index in [2.05, 4.69) is 15.4 Å². The molecule has 3 aromatic rings. The summed E-state index contributed by atoms with van der Waals surface area (Å²) in [6.07, 6.45) is 1.65. The van der Waals surface area contributed by atoms with Crippen LogP contribution in [0.3, 0.4) is 0 Å². The zero-order valence-corrected chi connectivity index (χ0v) is 17.1. The van der Waals surface area contributed by atoms with E-state index in [-0.39, 0.29) is 34.6 Å². The van der Waals surface area contributed by atoms with Gasteiger partial charge in [-0.3, -0.25) is 24.6 Å². The van der Waals surface area contributed by atoms with Gasteiger partial charge in [0.2, 0.25) is 5.91 Å². The number of carbonyl (C=O) groups is 1. The molecule has 0 radical (unpaired) electrons. The highest BCUT2D eigenvalue weighted by atomic mass is 35.5. The first-order chi connectivity index (χ1) is 15.3. The van der Waals surface area contributed by atoms with E-state index in [0.717, 1.165) is 18.9 Å². The molecule has 32 heavy (non-hydrogen) atoms. The van der Waals surface area contributed by atoms with Crippen LogP contribution in [-0.2, 0) is 11.3 Å². The number of hydrogen-bond acceptors (Lipinski definition) is 6. The molecule has 4 rings (SSSR count). The second-order valence-electron chi connectivity index (χ2n) is 7.13. The molecule has 1 saturated carbocycles. The Hall–Kier alpha value is -3.60. The summed E-state index contributed by atoms with van der Waals surface area (Å²) >= 11 is 6.06. The van der Waals surface area contributed by atoms with E-state index >= 15 is 0 Å². The molecule has 2 heterocycles. The summed E-state index contributed by atoms with van der Waals surface area (Å²) in [6, 6.07) is 7.02. The lowest BCUT2D eigenvalue weighted by atomic mass is 10.2. The molecule has 1 aliphatic carbocycles. The van der Waals surface area contributed by atoms with Crippen molar-refractivity contribution in [3.63, 3.8) is 0 Å². The third-order valence-corrected chi connectivity index (χ3v) is 5.06. The van der Waals surface area contributed by atoms with E-state index in [0.29, 0.717) is 11.4 Å². The number of benzene rings is 1. The number of ether oxygens (including phenoxy) is 1. The quantitative estimate of drug-likeness (QED) is 0.368. The number of amides is 1. The van der Waals surface area contributed by atoms with Crippen LogP contribution in [0.2, 0.25) is 5.02 Å². The molecule has 1 aromatic carbocycles. The van der Waals surface area contributed by atoms with Gasteiger partial charge in [-0.25, -0.2) is 8.78 Å². The molecule has 1 N–H and O–H groups in total. The number of nitro benzene ring substituents is 1. The van der Waals surface area contributed by atoms with Crippen LogP contribution in [0.5, 0.6) is 11.5 Å². The second kappa shape index (κ2) is 8.87. The summed E-state index contributed by atoms with van der Waals surface area (Å²) in [7, 11) is 0. The van der Waals surface area contributed by atoms with Gasteiger partial charge in [0, 0.05) is 24.2 Å². The Balaban J connectivity index is 1.55. The molecule has 1 aliphatic rings. The summed E-state index contributed by atoms with van der Waals surface area (Å²) in [5.74, 6) is -0.166. The van der Waals surface area contributed by atoms with Crippen LogP contribution in [0.4, 0.5) is 20.2 Å². The minimum Gasteiger partial charge on any atom is -0.455 e. The summed E-state index contributed by atoms with van der Waals surface area (Å²) in [5, 5.41) is 17.5. The number of anilines is 1. The smallest absolute Gasteiger partial charge is 0.283 e. The average Bonchev–Trinajstić information content (AvgIpc) is 3.52. The number of carbonyl (C=O) groups excluding carboxylic acids is 1. The molecule has 1 fully saturated rings. The standard InChI is InChI=1S/C20H16ClF2N5O4/c21-17-18(20(22)23)26-27(19(17)11-3-4-11)10-16(29)25-12-6-13(28(30)31)8-15(7-12)32-14-2-1-5-24-9-14/h1-2,5-9,11,20H,3-4,10H2,(H,25,29). The highest BCUT2D eigenvalue weighted by Gasteiger charge is 2.34. The molecule has 0 unspecified atom stereocenters. The lowest BCUT2D eigenvalue weighted by Gasteiger charge is -2.10. The van der Waals surface area contributed by atoms with Crippen molar-refractivity contribution in [3.8, 4) is 11.5 Å². The normalized spacial score (nSPS) is 13.2. The summed E-state index contributed by atoms with van der Waals surface area (Å²) < 4.78 is 33.1. The fraction of sp³-hybridized carbons (Fsp3) is 0.250. The van der Waals surface area contributed by atoms with Gasteiger partial charge < -0.3 is 10.1 Å². The molecular formula is C20H16ClF2N5O4. The number of pyridine rings is 1. The highest BCUT2D eigenvalue weighted by molar-refractivity contribution is 6.32. The number of non-ortho nitro benzene ring substituents is 1. The fourth-order valence-electron chi connectivity index (χ4n) is 3.18. The number of halogens is 3. The largest absolute Gasteiger partial charge is 0.455 e. The predicted molar refractivity (Wildman–Crippen MR) is 110 cm³/mol. The zero-order chi connectivity index (χ0) is 22.8. The summed E-state index contributed by atoms with van der Waals surface area (Å²) in [4.78, 5) is 27.2. The number of rotatable bonds is 8. The average molecular weight is 464 g/mol. The Morgan fingerprint density at radius 3 is 2.75 bits per heavy atom. The van der Waals surface area contributed by atoms with Gasteiger partial charge in [0.15, 0.2) is 0 Å². The lowest BCUT2D eigenvalue weighted by molar-refractivity contribution is -0.384. The topological polar surface area (TPSA) is 112 Å². The number of aromatic nitrogens is 3. The molecule has 0 saturated heterocycles. The Kier molecular flexibility index (Phi) is 5.99. The van der Waals surface area contributed by atoms with E-state index in [9.17, 15) is 23.7 Å². The number of nitrogens with one attached hydrogen (secondary N) is 1. The first-order valence-corrected chi connectivity index (χ1v) is 9.91. The van der Waals surface area contributed by atoms with Gasteiger partial charge in [-0.05, 0) is 25.0 Å². The third-order valence-electron chi connectivity index (χ3n) is 4.68. The molecule has 0 atom stereocenters. The van der Waals surface area contributed by atoms with Gasteiger partial charge in [0.05, 0.1) is 33.6 Å². The highest BCUT2D eigenvalue weighted by Crippen LogP contribution is 2.45. The molecule has 0 bridgehead atoms. The Morgan fingerprint density at radius 1 is 1.34 bits per heavy atom. The number of hydrogen-bond donors (Lipinski definition) is 1. The van der Waals surface area contributed by atoms with Crippen LogP contribution in [-0.4, -0.2) is 25.6 Å². The van der Waals surface area contributed by atoms with Gasteiger partial charge in [0.1, 0.15) is 23.7 Å². The summed E-state index contributed by atoms with van der Waals surface area (Å²) in [5.41, 5.74) is -0.369. The maximum Gasteiger partial charge on any atom is 0.283 e. The minimum absolute atomic E-state index is 0.0207. The molecular weight excluding hydrogens is 448 g/mol. The maximum atomic E-state index is 13.2. The first-order valence-electron chi connectivity index (χ1n) is 9.53. The maximum absolute atomic E-state index is 13.2. The SMILES string of the molecule is O=C(Cn1nc(C(F)F)c(Cl)c1C1CC1)Nc1cc(Oc2cccnc2)cc([N+](=O)[O-])c1. The van der Waals surface area contributed by atoms with Crippen molar-refractivity contribution >= 4 is 28.9 Å². The van der Waals surface area contributed by atoms with Crippen molar-refractivity contribution in [2.45, 2.75) is 31.7 Å². The molecule has 166 valence electrons. The first kappa shape index (κ1) is 21.6.